The van der Waals surface area contributed by atoms with Crippen LogP contribution in [0.5, 0.6) is 0 Å². The number of oxazole rings is 1. The summed E-state index contributed by atoms with van der Waals surface area (Å²) in [5, 5.41) is 12.7. The van der Waals surface area contributed by atoms with Crippen molar-refractivity contribution in [3.05, 3.63) is 23.8 Å². The van der Waals surface area contributed by atoms with E-state index in [9.17, 15) is 5.11 Å². The van der Waals surface area contributed by atoms with Gasteiger partial charge in [-0.05, 0) is 37.0 Å². The average molecular weight is 276 g/mol. The van der Waals surface area contributed by atoms with Crippen LogP contribution in [0.2, 0.25) is 0 Å². The van der Waals surface area contributed by atoms with Gasteiger partial charge in [-0.25, -0.2) is 0 Å². The zero-order valence-corrected chi connectivity index (χ0v) is 11.6. The topological polar surface area (TPSA) is 67.5 Å². The third kappa shape index (κ3) is 2.78. The van der Waals surface area contributed by atoms with E-state index in [0.717, 1.165) is 36.3 Å². The summed E-state index contributed by atoms with van der Waals surface area (Å²) in [6.07, 6.45) is 1.01. The van der Waals surface area contributed by atoms with Crippen LogP contribution < -0.4 is 5.32 Å². The number of aliphatic hydroxyl groups is 1. The summed E-state index contributed by atoms with van der Waals surface area (Å²) in [7, 11) is 0. The lowest BCUT2D eigenvalue weighted by atomic mass is 9.92. The zero-order valence-electron chi connectivity index (χ0n) is 11.6. The molecule has 20 heavy (non-hydrogen) atoms. The monoisotopic (exact) mass is 276 g/mol. The van der Waals surface area contributed by atoms with Crippen LogP contribution in [0, 0.1) is 18.8 Å². The number of benzene rings is 1. The van der Waals surface area contributed by atoms with Crippen LogP contribution in [-0.2, 0) is 4.74 Å². The minimum atomic E-state index is 0.153. The molecule has 0 spiro atoms. The van der Waals surface area contributed by atoms with E-state index >= 15 is 0 Å². The second kappa shape index (κ2) is 5.81. The third-order valence-electron chi connectivity index (χ3n) is 3.92. The summed E-state index contributed by atoms with van der Waals surface area (Å²) in [5.41, 5.74) is 2.80. The van der Waals surface area contributed by atoms with Crippen LogP contribution in [-0.4, -0.2) is 36.5 Å². The Labute approximate surface area is 117 Å². The van der Waals surface area contributed by atoms with E-state index in [4.69, 9.17) is 9.15 Å². The SMILES string of the molecule is Cc1ccc2oc(NCC(CO)C3CCOC3)nc2c1. The Morgan fingerprint density at radius 1 is 1.50 bits per heavy atom. The van der Waals surface area contributed by atoms with Gasteiger partial charge in [-0.2, -0.15) is 4.98 Å². The first kappa shape index (κ1) is 13.4. The summed E-state index contributed by atoms with van der Waals surface area (Å²) >= 11 is 0. The first-order valence-electron chi connectivity index (χ1n) is 7.06. The Bertz CT molecular complexity index is 576. The van der Waals surface area contributed by atoms with Crippen molar-refractivity contribution in [3.63, 3.8) is 0 Å². The molecule has 2 N–H and O–H groups in total. The molecule has 1 aromatic carbocycles. The number of aryl methyl sites for hydroxylation is 1. The summed E-state index contributed by atoms with van der Waals surface area (Å²) in [6, 6.07) is 6.45. The summed E-state index contributed by atoms with van der Waals surface area (Å²) in [6.45, 7) is 4.36. The van der Waals surface area contributed by atoms with Crippen molar-refractivity contribution >= 4 is 17.1 Å². The normalized spacial score (nSPS) is 20.4. The maximum Gasteiger partial charge on any atom is 0.295 e. The molecule has 1 aliphatic rings. The van der Waals surface area contributed by atoms with E-state index in [2.05, 4.69) is 10.3 Å². The zero-order chi connectivity index (χ0) is 13.9. The molecule has 0 amide bonds. The fourth-order valence-electron chi connectivity index (χ4n) is 2.64. The number of ether oxygens (including phenoxy) is 1. The molecule has 5 nitrogen and oxygen atoms in total. The Hall–Kier alpha value is -1.59. The second-order valence-electron chi connectivity index (χ2n) is 5.44. The lowest BCUT2D eigenvalue weighted by Gasteiger charge is -2.19. The number of hydrogen-bond donors (Lipinski definition) is 2. The van der Waals surface area contributed by atoms with E-state index in [-0.39, 0.29) is 12.5 Å². The van der Waals surface area contributed by atoms with E-state index in [1.165, 1.54) is 0 Å². The van der Waals surface area contributed by atoms with Crippen molar-refractivity contribution in [2.75, 3.05) is 31.7 Å². The highest BCUT2D eigenvalue weighted by atomic mass is 16.5. The molecule has 0 saturated carbocycles. The Balaban J connectivity index is 1.66. The maximum absolute atomic E-state index is 9.49. The van der Waals surface area contributed by atoms with E-state index in [1.807, 2.05) is 25.1 Å². The van der Waals surface area contributed by atoms with E-state index < -0.39 is 0 Å². The highest BCUT2D eigenvalue weighted by Crippen LogP contribution is 2.24. The number of nitrogens with one attached hydrogen (secondary N) is 1. The minimum absolute atomic E-state index is 0.153. The molecule has 1 aliphatic heterocycles. The van der Waals surface area contributed by atoms with Gasteiger partial charge >= 0.3 is 0 Å². The maximum atomic E-state index is 9.49. The molecule has 0 aliphatic carbocycles. The van der Waals surface area contributed by atoms with Crippen molar-refractivity contribution < 1.29 is 14.3 Å². The van der Waals surface area contributed by atoms with Crippen LogP contribution >= 0.6 is 0 Å². The van der Waals surface area contributed by atoms with Crippen molar-refractivity contribution in [2.24, 2.45) is 11.8 Å². The molecule has 2 heterocycles. The van der Waals surface area contributed by atoms with Gasteiger partial charge in [-0.3, -0.25) is 0 Å². The Morgan fingerprint density at radius 2 is 2.40 bits per heavy atom. The van der Waals surface area contributed by atoms with Crippen LogP contribution in [0.25, 0.3) is 11.1 Å². The fraction of sp³-hybridized carbons (Fsp3) is 0.533. The highest BCUT2D eigenvalue weighted by Gasteiger charge is 2.25. The van der Waals surface area contributed by atoms with Crippen LogP contribution in [0.1, 0.15) is 12.0 Å². The lowest BCUT2D eigenvalue weighted by molar-refractivity contribution is 0.144. The molecular weight excluding hydrogens is 256 g/mol. The fourth-order valence-corrected chi connectivity index (χ4v) is 2.64. The lowest BCUT2D eigenvalue weighted by Crippen LogP contribution is -2.26. The number of hydrogen-bond acceptors (Lipinski definition) is 5. The number of anilines is 1. The van der Waals surface area contributed by atoms with E-state index in [0.29, 0.717) is 18.5 Å². The standard InChI is InChI=1S/C15H20N2O3/c1-10-2-3-14-13(6-10)17-15(20-14)16-7-12(8-18)11-4-5-19-9-11/h2-3,6,11-12,18H,4-5,7-9H2,1H3,(H,16,17). The Kier molecular flexibility index (Phi) is 3.89. The van der Waals surface area contributed by atoms with Gasteiger partial charge in [0.25, 0.3) is 6.01 Å². The van der Waals surface area contributed by atoms with Gasteiger partial charge in [-0.1, -0.05) is 6.07 Å². The van der Waals surface area contributed by atoms with Crippen LogP contribution in [0.3, 0.4) is 0 Å². The van der Waals surface area contributed by atoms with Crippen molar-refractivity contribution in [1.29, 1.82) is 0 Å². The van der Waals surface area contributed by atoms with Crippen LogP contribution in [0.15, 0.2) is 22.6 Å². The van der Waals surface area contributed by atoms with Gasteiger partial charge in [0.1, 0.15) is 5.52 Å². The molecule has 0 radical (unpaired) electrons. The quantitative estimate of drug-likeness (QED) is 0.876. The van der Waals surface area contributed by atoms with E-state index in [1.54, 1.807) is 0 Å². The number of aliphatic hydroxyl groups excluding tert-OH is 1. The molecule has 108 valence electrons. The van der Waals surface area contributed by atoms with Gasteiger partial charge < -0.3 is 19.6 Å². The summed E-state index contributed by atoms with van der Waals surface area (Å²) in [4.78, 5) is 4.42. The number of nitrogens with zero attached hydrogens (tertiary/aromatic N) is 1. The molecule has 2 unspecified atom stereocenters. The van der Waals surface area contributed by atoms with Crippen molar-refractivity contribution in [1.82, 2.24) is 4.98 Å². The minimum Gasteiger partial charge on any atom is -0.424 e. The van der Waals surface area contributed by atoms with Gasteiger partial charge in [0.2, 0.25) is 0 Å². The third-order valence-corrected chi connectivity index (χ3v) is 3.92. The molecule has 1 aromatic heterocycles. The highest BCUT2D eigenvalue weighted by molar-refractivity contribution is 5.75. The number of rotatable bonds is 5. The summed E-state index contributed by atoms with van der Waals surface area (Å²) < 4.78 is 11.0. The van der Waals surface area contributed by atoms with Gasteiger partial charge in [0.05, 0.1) is 0 Å². The van der Waals surface area contributed by atoms with Crippen LogP contribution in [0.4, 0.5) is 6.01 Å². The molecule has 3 rings (SSSR count). The molecular formula is C15H20N2O3. The van der Waals surface area contributed by atoms with Crippen molar-refractivity contribution in [3.8, 4) is 0 Å². The molecule has 1 fully saturated rings. The number of aromatic nitrogens is 1. The molecule has 2 aromatic rings. The first-order chi connectivity index (χ1) is 9.76. The van der Waals surface area contributed by atoms with Crippen molar-refractivity contribution in [2.45, 2.75) is 13.3 Å². The predicted octanol–water partition coefficient (Wildman–Crippen LogP) is 2.19. The molecule has 5 heteroatoms. The largest absolute Gasteiger partial charge is 0.424 e. The predicted molar refractivity (Wildman–Crippen MR) is 76.7 cm³/mol. The molecule has 0 bridgehead atoms. The molecule has 2 atom stereocenters. The second-order valence-corrected chi connectivity index (χ2v) is 5.44. The average Bonchev–Trinajstić information content (AvgIpc) is 3.08. The first-order valence-corrected chi connectivity index (χ1v) is 7.06. The molecule has 1 saturated heterocycles. The van der Waals surface area contributed by atoms with Gasteiger partial charge in [0, 0.05) is 32.3 Å². The van der Waals surface area contributed by atoms with Gasteiger partial charge in [-0.15, -0.1) is 0 Å². The smallest absolute Gasteiger partial charge is 0.295 e. The summed E-state index contributed by atoms with van der Waals surface area (Å²) in [5.74, 6) is 0.591. The van der Waals surface area contributed by atoms with Gasteiger partial charge in [0.15, 0.2) is 5.58 Å². The number of fused-ring (bicyclic) bond motifs is 1. The Morgan fingerprint density at radius 3 is 3.15 bits per heavy atom.